The summed E-state index contributed by atoms with van der Waals surface area (Å²) in [5.41, 5.74) is 0.0271. The van der Waals surface area contributed by atoms with Crippen molar-refractivity contribution >= 4 is 17.3 Å². The van der Waals surface area contributed by atoms with E-state index in [4.69, 9.17) is 14.9 Å². The van der Waals surface area contributed by atoms with E-state index in [1.54, 1.807) is 12.1 Å². The number of hydrogen-bond donors (Lipinski definition) is 2. The molecular weight excluding hydrogens is 242 g/mol. The van der Waals surface area contributed by atoms with E-state index in [0.717, 1.165) is 0 Å². The van der Waals surface area contributed by atoms with Gasteiger partial charge in [0.15, 0.2) is 5.69 Å². The van der Waals surface area contributed by atoms with Crippen molar-refractivity contribution in [2.24, 2.45) is 0 Å². The number of aromatic nitrogens is 1. The molecule has 0 aliphatic rings. The Morgan fingerprint density at radius 1 is 1.35 bits per heavy atom. The van der Waals surface area contributed by atoms with E-state index in [-0.39, 0.29) is 18.1 Å². The van der Waals surface area contributed by atoms with E-state index in [0.29, 0.717) is 10.8 Å². The Kier molecular flexibility index (Phi) is 3.24. The van der Waals surface area contributed by atoms with Crippen molar-refractivity contribution in [3.05, 3.63) is 40.3 Å². The number of hydrogen-bond acceptors (Lipinski definition) is 5. The number of thiazole rings is 1. The third-order valence-corrected chi connectivity index (χ3v) is 2.79. The maximum absolute atomic E-state index is 10.6. The highest BCUT2D eigenvalue weighted by atomic mass is 32.1. The van der Waals surface area contributed by atoms with E-state index >= 15 is 0 Å². The first-order valence-corrected chi connectivity index (χ1v) is 5.62. The van der Waals surface area contributed by atoms with Gasteiger partial charge in [-0.05, 0) is 24.3 Å². The number of rotatable bonds is 4. The average Bonchev–Trinajstić information content (AvgIpc) is 2.77. The molecule has 1 heterocycles. The van der Waals surface area contributed by atoms with Crippen LogP contribution in [0, 0.1) is 0 Å². The summed E-state index contributed by atoms with van der Waals surface area (Å²) in [6.07, 6.45) is 0. The number of carboxylic acids is 1. The molecule has 2 aromatic rings. The summed E-state index contributed by atoms with van der Waals surface area (Å²) in [6.45, 7) is 0.211. The predicted octanol–water partition coefficient (Wildman–Crippen LogP) is 2.13. The second-order valence-corrected chi connectivity index (χ2v) is 4.16. The summed E-state index contributed by atoms with van der Waals surface area (Å²) in [4.78, 5) is 14.5. The van der Waals surface area contributed by atoms with Crippen LogP contribution in [0.3, 0.4) is 0 Å². The Balaban J connectivity index is 1.97. The minimum atomic E-state index is -1.04. The molecule has 17 heavy (non-hydrogen) atoms. The molecule has 2 rings (SSSR count). The predicted molar refractivity (Wildman–Crippen MR) is 61.5 cm³/mol. The minimum Gasteiger partial charge on any atom is -0.508 e. The molecule has 1 aromatic heterocycles. The van der Waals surface area contributed by atoms with Gasteiger partial charge in [0.25, 0.3) is 0 Å². The van der Waals surface area contributed by atoms with Gasteiger partial charge in [-0.25, -0.2) is 9.78 Å². The number of nitrogens with zero attached hydrogens (tertiary/aromatic N) is 1. The van der Waals surface area contributed by atoms with E-state index in [1.165, 1.54) is 28.8 Å². The molecule has 0 saturated heterocycles. The van der Waals surface area contributed by atoms with Gasteiger partial charge < -0.3 is 14.9 Å². The van der Waals surface area contributed by atoms with Gasteiger partial charge in [0.1, 0.15) is 23.1 Å². The molecule has 1 aromatic carbocycles. The van der Waals surface area contributed by atoms with Gasteiger partial charge in [-0.2, -0.15) is 0 Å². The molecule has 2 N–H and O–H groups in total. The number of carbonyl (C=O) groups is 1. The molecule has 0 spiro atoms. The molecule has 0 atom stereocenters. The lowest BCUT2D eigenvalue weighted by Gasteiger charge is -2.03. The highest BCUT2D eigenvalue weighted by Crippen LogP contribution is 2.18. The van der Waals surface area contributed by atoms with Crippen molar-refractivity contribution in [2.75, 3.05) is 0 Å². The van der Waals surface area contributed by atoms with Gasteiger partial charge in [0, 0.05) is 5.38 Å². The maximum Gasteiger partial charge on any atom is 0.355 e. The molecule has 0 radical (unpaired) electrons. The molecule has 0 bridgehead atoms. The fourth-order valence-corrected chi connectivity index (χ4v) is 1.84. The highest BCUT2D eigenvalue weighted by Gasteiger charge is 2.08. The standard InChI is InChI=1S/C11H9NO4S/c13-7-1-3-8(4-2-7)16-5-10-12-9(6-17-10)11(14)15/h1-4,6,13H,5H2,(H,14,15). The lowest BCUT2D eigenvalue weighted by atomic mass is 10.3. The summed E-state index contributed by atoms with van der Waals surface area (Å²) >= 11 is 1.23. The zero-order chi connectivity index (χ0) is 12.3. The Morgan fingerprint density at radius 2 is 2.06 bits per heavy atom. The largest absolute Gasteiger partial charge is 0.508 e. The number of aromatic carboxylic acids is 1. The number of carboxylic acid groups (broad SMARTS) is 1. The van der Waals surface area contributed by atoms with Gasteiger partial charge >= 0.3 is 5.97 Å². The third kappa shape index (κ3) is 2.94. The average molecular weight is 251 g/mol. The lowest BCUT2D eigenvalue weighted by molar-refractivity contribution is 0.0691. The van der Waals surface area contributed by atoms with Crippen LogP contribution < -0.4 is 4.74 Å². The summed E-state index contributed by atoms with van der Waals surface area (Å²) in [6, 6.07) is 6.28. The van der Waals surface area contributed by atoms with Crippen LogP contribution in [-0.2, 0) is 6.61 Å². The minimum absolute atomic E-state index is 0.0271. The fourth-order valence-electron chi connectivity index (χ4n) is 1.16. The van der Waals surface area contributed by atoms with Gasteiger partial charge in [-0.3, -0.25) is 0 Å². The molecule has 0 saturated carbocycles. The molecule has 6 heteroatoms. The van der Waals surface area contributed by atoms with Crippen molar-refractivity contribution in [2.45, 2.75) is 6.61 Å². The SMILES string of the molecule is O=C(O)c1csc(COc2ccc(O)cc2)n1. The van der Waals surface area contributed by atoms with Crippen LogP contribution in [0.2, 0.25) is 0 Å². The summed E-state index contributed by atoms with van der Waals surface area (Å²) < 4.78 is 5.38. The molecule has 0 unspecified atom stereocenters. The second-order valence-electron chi connectivity index (χ2n) is 3.21. The topological polar surface area (TPSA) is 79.7 Å². The first kappa shape index (κ1) is 11.4. The van der Waals surface area contributed by atoms with Gasteiger partial charge in [0.2, 0.25) is 0 Å². The quantitative estimate of drug-likeness (QED) is 0.870. The normalized spacial score (nSPS) is 10.1. The van der Waals surface area contributed by atoms with Crippen molar-refractivity contribution in [1.29, 1.82) is 0 Å². The zero-order valence-electron chi connectivity index (χ0n) is 8.66. The Labute approximate surface area is 101 Å². The number of aromatic hydroxyl groups is 1. The molecule has 0 aliphatic heterocycles. The van der Waals surface area contributed by atoms with E-state index in [2.05, 4.69) is 4.98 Å². The summed E-state index contributed by atoms with van der Waals surface area (Å²) in [5.74, 6) is -0.285. The van der Waals surface area contributed by atoms with E-state index in [9.17, 15) is 4.79 Å². The molecule has 0 aliphatic carbocycles. The van der Waals surface area contributed by atoms with Crippen LogP contribution in [0.4, 0.5) is 0 Å². The van der Waals surface area contributed by atoms with Gasteiger partial charge in [-0.15, -0.1) is 11.3 Å². The molecular formula is C11H9NO4S. The summed E-state index contributed by atoms with van der Waals surface area (Å²) in [7, 11) is 0. The van der Waals surface area contributed by atoms with Crippen molar-refractivity contribution in [3.8, 4) is 11.5 Å². The number of ether oxygens (including phenoxy) is 1. The van der Waals surface area contributed by atoms with Crippen LogP contribution in [0.5, 0.6) is 11.5 Å². The summed E-state index contributed by atoms with van der Waals surface area (Å²) in [5, 5.41) is 19.8. The first-order chi connectivity index (χ1) is 8.15. The van der Waals surface area contributed by atoms with Gasteiger partial charge in [0.05, 0.1) is 0 Å². The molecule has 5 nitrogen and oxygen atoms in total. The monoisotopic (exact) mass is 251 g/mol. The third-order valence-electron chi connectivity index (χ3n) is 1.97. The zero-order valence-corrected chi connectivity index (χ0v) is 9.48. The van der Waals surface area contributed by atoms with E-state index in [1.807, 2.05) is 0 Å². The van der Waals surface area contributed by atoms with Crippen LogP contribution in [-0.4, -0.2) is 21.2 Å². The number of phenols is 1. The highest BCUT2D eigenvalue weighted by molar-refractivity contribution is 7.09. The Bertz CT molecular complexity index is 521. The molecule has 0 fully saturated rings. The van der Waals surface area contributed by atoms with Crippen LogP contribution in [0.15, 0.2) is 29.6 Å². The first-order valence-electron chi connectivity index (χ1n) is 4.74. The van der Waals surface area contributed by atoms with Crippen LogP contribution in [0.25, 0.3) is 0 Å². The molecule has 0 amide bonds. The van der Waals surface area contributed by atoms with Crippen LogP contribution in [0.1, 0.15) is 15.5 Å². The van der Waals surface area contributed by atoms with Crippen molar-refractivity contribution in [1.82, 2.24) is 4.98 Å². The number of benzene rings is 1. The molecule has 88 valence electrons. The Hall–Kier alpha value is -2.08. The van der Waals surface area contributed by atoms with Crippen molar-refractivity contribution in [3.63, 3.8) is 0 Å². The van der Waals surface area contributed by atoms with E-state index < -0.39 is 5.97 Å². The van der Waals surface area contributed by atoms with Gasteiger partial charge in [-0.1, -0.05) is 0 Å². The van der Waals surface area contributed by atoms with Crippen molar-refractivity contribution < 1.29 is 19.7 Å². The smallest absolute Gasteiger partial charge is 0.355 e. The second kappa shape index (κ2) is 4.84. The number of phenolic OH excluding ortho intramolecular Hbond substituents is 1. The lowest BCUT2D eigenvalue weighted by Crippen LogP contribution is -1.99. The Morgan fingerprint density at radius 3 is 2.65 bits per heavy atom. The maximum atomic E-state index is 10.6. The fraction of sp³-hybridized carbons (Fsp3) is 0.0909. The van der Waals surface area contributed by atoms with Crippen LogP contribution >= 0.6 is 11.3 Å².